The molecule has 1 atom stereocenters. The molecule has 2 aliphatic carbocycles. The van der Waals surface area contributed by atoms with E-state index in [4.69, 9.17) is 4.74 Å². The number of carbonyl (C=O) groups is 2. The third-order valence-electron chi connectivity index (χ3n) is 6.65. The molecule has 2 heterocycles. The Labute approximate surface area is 135 Å². The van der Waals surface area contributed by atoms with Gasteiger partial charge in [-0.2, -0.15) is 0 Å². The molecule has 0 N–H and O–H groups in total. The summed E-state index contributed by atoms with van der Waals surface area (Å²) in [6, 6.07) is 7.71. The second-order valence-corrected chi connectivity index (χ2v) is 7.60. The van der Waals surface area contributed by atoms with Crippen LogP contribution in [0.25, 0.3) is 0 Å². The van der Waals surface area contributed by atoms with Crippen molar-refractivity contribution in [3.63, 3.8) is 0 Å². The van der Waals surface area contributed by atoms with Gasteiger partial charge in [0.15, 0.2) is 5.60 Å². The van der Waals surface area contributed by atoms with Crippen LogP contribution in [0.3, 0.4) is 0 Å². The zero-order chi connectivity index (χ0) is 15.9. The molecule has 5 rings (SSSR count). The highest BCUT2D eigenvalue weighted by Crippen LogP contribution is 2.78. The van der Waals surface area contributed by atoms with Gasteiger partial charge in [-0.25, -0.2) is 4.90 Å². The number of ether oxygens (including phenoxy) is 1. The molecule has 2 amide bonds. The number of imide groups is 1. The normalized spacial score (nSPS) is 32.2. The van der Waals surface area contributed by atoms with E-state index >= 15 is 0 Å². The highest BCUT2D eigenvalue weighted by Gasteiger charge is 2.84. The number of carbonyl (C=O) groups excluding carboxylic acids is 2. The molecule has 120 valence electrons. The number of nitrogens with zero attached hydrogens (tertiary/aromatic N) is 1. The lowest BCUT2D eigenvalue weighted by Crippen LogP contribution is -2.72. The Bertz CT molecular complexity index is 730. The fourth-order valence-electron chi connectivity index (χ4n) is 5.64. The second-order valence-electron chi connectivity index (χ2n) is 7.60. The molecule has 2 saturated carbocycles. The van der Waals surface area contributed by atoms with Crippen molar-refractivity contribution in [2.75, 3.05) is 4.90 Å². The molecule has 1 unspecified atom stereocenters. The van der Waals surface area contributed by atoms with Crippen molar-refractivity contribution >= 4 is 17.5 Å². The molecule has 4 heteroatoms. The monoisotopic (exact) mass is 311 g/mol. The SMILES string of the molecule is CC(=O)N1C(=O)C2(OC3(CC3)C23CCCCC3)c2ccccc21. The van der Waals surface area contributed by atoms with Crippen LogP contribution in [0, 0.1) is 5.41 Å². The molecule has 0 radical (unpaired) electrons. The van der Waals surface area contributed by atoms with E-state index in [0.29, 0.717) is 0 Å². The molecule has 3 fully saturated rings. The van der Waals surface area contributed by atoms with E-state index in [1.165, 1.54) is 18.2 Å². The zero-order valence-electron chi connectivity index (χ0n) is 13.4. The first-order valence-electron chi connectivity index (χ1n) is 8.73. The van der Waals surface area contributed by atoms with Crippen LogP contribution in [0.2, 0.25) is 0 Å². The highest BCUT2D eigenvalue weighted by molar-refractivity contribution is 6.22. The van der Waals surface area contributed by atoms with Crippen molar-refractivity contribution in [3.05, 3.63) is 29.8 Å². The Balaban J connectivity index is 1.73. The van der Waals surface area contributed by atoms with Crippen LogP contribution >= 0.6 is 0 Å². The fourth-order valence-corrected chi connectivity index (χ4v) is 5.64. The lowest BCUT2D eigenvalue weighted by molar-refractivity contribution is -0.336. The topological polar surface area (TPSA) is 46.6 Å². The van der Waals surface area contributed by atoms with Gasteiger partial charge in [-0.05, 0) is 31.7 Å². The zero-order valence-corrected chi connectivity index (χ0v) is 13.4. The van der Waals surface area contributed by atoms with Gasteiger partial charge in [-0.1, -0.05) is 37.5 Å². The van der Waals surface area contributed by atoms with Crippen LogP contribution in [0.5, 0.6) is 0 Å². The van der Waals surface area contributed by atoms with Gasteiger partial charge in [0.05, 0.1) is 11.3 Å². The van der Waals surface area contributed by atoms with E-state index in [9.17, 15) is 9.59 Å². The van der Waals surface area contributed by atoms with E-state index < -0.39 is 5.60 Å². The van der Waals surface area contributed by atoms with Gasteiger partial charge < -0.3 is 4.74 Å². The number of para-hydroxylation sites is 1. The summed E-state index contributed by atoms with van der Waals surface area (Å²) in [4.78, 5) is 26.9. The van der Waals surface area contributed by atoms with Crippen molar-refractivity contribution in [2.24, 2.45) is 5.41 Å². The molecule has 4 nitrogen and oxygen atoms in total. The van der Waals surface area contributed by atoms with Gasteiger partial charge >= 0.3 is 0 Å². The number of benzene rings is 1. The minimum Gasteiger partial charge on any atom is -0.352 e. The van der Waals surface area contributed by atoms with Gasteiger partial charge in [0, 0.05) is 17.9 Å². The summed E-state index contributed by atoms with van der Waals surface area (Å²) in [5, 5.41) is 0. The Morgan fingerprint density at radius 1 is 1.09 bits per heavy atom. The maximum atomic E-state index is 13.4. The Kier molecular flexibility index (Phi) is 2.41. The number of anilines is 1. The smallest absolute Gasteiger partial charge is 0.271 e. The molecule has 23 heavy (non-hydrogen) atoms. The van der Waals surface area contributed by atoms with Gasteiger partial charge in [0.2, 0.25) is 5.91 Å². The summed E-state index contributed by atoms with van der Waals surface area (Å²) < 4.78 is 6.46. The Morgan fingerprint density at radius 2 is 1.78 bits per heavy atom. The Morgan fingerprint density at radius 3 is 2.43 bits per heavy atom. The maximum Gasteiger partial charge on any atom is 0.271 e. The van der Waals surface area contributed by atoms with Crippen LogP contribution in [0.1, 0.15) is 57.4 Å². The summed E-state index contributed by atoms with van der Waals surface area (Å²) in [7, 11) is 0. The van der Waals surface area contributed by atoms with Crippen LogP contribution in [0.4, 0.5) is 5.69 Å². The van der Waals surface area contributed by atoms with Crippen molar-refractivity contribution < 1.29 is 14.3 Å². The lowest BCUT2D eigenvalue weighted by atomic mass is 9.52. The van der Waals surface area contributed by atoms with E-state index in [-0.39, 0.29) is 22.8 Å². The number of rotatable bonds is 0. The quantitative estimate of drug-likeness (QED) is 0.738. The molecule has 0 bridgehead atoms. The summed E-state index contributed by atoms with van der Waals surface area (Å²) in [5.74, 6) is -0.365. The van der Waals surface area contributed by atoms with Crippen LogP contribution in [0.15, 0.2) is 24.3 Å². The number of hydrogen-bond acceptors (Lipinski definition) is 3. The van der Waals surface area contributed by atoms with Crippen LogP contribution in [-0.2, 0) is 19.9 Å². The largest absolute Gasteiger partial charge is 0.352 e. The van der Waals surface area contributed by atoms with Crippen LogP contribution in [-0.4, -0.2) is 17.4 Å². The van der Waals surface area contributed by atoms with E-state index in [2.05, 4.69) is 0 Å². The summed E-state index contributed by atoms with van der Waals surface area (Å²) in [5.41, 5.74) is 0.537. The number of amides is 2. The van der Waals surface area contributed by atoms with E-state index in [1.807, 2.05) is 24.3 Å². The minimum atomic E-state index is -0.911. The van der Waals surface area contributed by atoms with E-state index in [1.54, 1.807) is 0 Å². The van der Waals surface area contributed by atoms with Crippen LogP contribution < -0.4 is 4.90 Å². The molecule has 0 aromatic heterocycles. The summed E-state index contributed by atoms with van der Waals surface area (Å²) >= 11 is 0. The maximum absolute atomic E-state index is 13.4. The predicted octanol–water partition coefficient (Wildman–Crippen LogP) is 3.29. The average Bonchev–Trinajstić information content (AvgIpc) is 3.31. The lowest BCUT2D eigenvalue weighted by Gasteiger charge is -2.64. The first-order valence-corrected chi connectivity index (χ1v) is 8.73. The molecule has 4 aliphatic rings. The first kappa shape index (κ1) is 13.7. The average molecular weight is 311 g/mol. The molecule has 1 saturated heterocycles. The predicted molar refractivity (Wildman–Crippen MR) is 84.9 cm³/mol. The van der Waals surface area contributed by atoms with Crippen molar-refractivity contribution in [2.45, 2.75) is 63.1 Å². The number of fused-ring (bicyclic) bond motifs is 4. The molecular formula is C19H21NO3. The van der Waals surface area contributed by atoms with Gasteiger partial charge in [0.1, 0.15) is 0 Å². The summed E-state index contributed by atoms with van der Waals surface area (Å²) in [6.45, 7) is 1.47. The van der Waals surface area contributed by atoms with Gasteiger partial charge in [-0.15, -0.1) is 0 Å². The van der Waals surface area contributed by atoms with Crippen molar-refractivity contribution in [3.8, 4) is 0 Å². The molecular weight excluding hydrogens is 290 g/mol. The summed E-state index contributed by atoms with van der Waals surface area (Å²) in [6.07, 6.45) is 7.75. The molecule has 1 aromatic carbocycles. The molecule has 3 spiro atoms. The molecule has 2 aliphatic heterocycles. The third-order valence-corrected chi connectivity index (χ3v) is 6.65. The Hall–Kier alpha value is -1.68. The first-order chi connectivity index (χ1) is 11.1. The minimum absolute atomic E-state index is 0.0943. The van der Waals surface area contributed by atoms with Gasteiger partial charge in [-0.3, -0.25) is 9.59 Å². The van der Waals surface area contributed by atoms with E-state index in [0.717, 1.165) is 49.8 Å². The second kappa shape index (κ2) is 4.04. The van der Waals surface area contributed by atoms with Gasteiger partial charge in [0.25, 0.3) is 5.91 Å². The third kappa shape index (κ3) is 1.30. The van der Waals surface area contributed by atoms with Crippen molar-refractivity contribution in [1.29, 1.82) is 0 Å². The fraction of sp³-hybridized carbons (Fsp3) is 0.579. The number of hydrogen-bond donors (Lipinski definition) is 0. The van der Waals surface area contributed by atoms with Crippen molar-refractivity contribution in [1.82, 2.24) is 0 Å². The molecule has 1 aromatic rings. The highest BCUT2D eigenvalue weighted by atomic mass is 16.6. The standard InChI is InChI=1S/C19H21NO3/c1-13(21)20-15-8-4-3-7-14(15)19(16(20)22)17(9-5-2-6-10-17)18(23-19)11-12-18/h3-4,7-8H,2,5-6,9-12H2,1H3.